The van der Waals surface area contributed by atoms with Crippen LogP contribution in [0.4, 0.5) is 0 Å². The zero-order valence-corrected chi connectivity index (χ0v) is 12.9. The molecule has 1 atom stereocenters. The maximum Gasteiger partial charge on any atom is 0.137 e. The number of hydrogen-bond donors (Lipinski definition) is 1. The van der Waals surface area contributed by atoms with Crippen LogP contribution in [0, 0.1) is 6.92 Å². The first-order chi connectivity index (χ1) is 8.86. The highest BCUT2D eigenvalue weighted by molar-refractivity contribution is 5.82. The molecule has 1 aromatic carbocycles. The quantitative estimate of drug-likeness (QED) is 0.863. The Morgan fingerprint density at radius 2 is 1.89 bits per heavy atom. The van der Waals surface area contributed by atoms with Gasteiger partial charge in [0.25, 0.3) is 0 Å². The third-order valence-electron chi connectivity index (χ3n) is 3.79. The van der Waals surface area contributed by atoms with Crippen LogP contribution in [0.15, 0.2) is 22.6 Å². The second-order valence-electron chi connectivity index (χ2n) is 6.36. The van der Waals surface area contributed by atoms with E-state index < -0.39 is 0 Å². The molecule has 0 amide bonds. The van der Waals surface area contributed by atoms with Crippen LogP contribution in [0.25, 0.3) is 11.0 Å². The van der Waals surface area contributed by atoms with E-state index in [1.807, 2.05) is 7.05 Å². The summed E-state index contributed by atoms with van der Waals surface area (Å²) in [5, 5.41) is 4.52. The maximum absolute atomic E-state index is 6.05. The van der Waals surface area contributed by atoms with Gasteiger partial charge in [-0.2, -0.15) is 0 Å². The Bertz CT molecular complexity index is 571. The average molecular weight is 259 g/mol. The van der Waals surface area contributed by atoms with E-state index in [9.17, 15) is 0 Å². The Balaban J connectivity index is 2.57. The molecule has 104 valence electrons. The first kappa shape index (κ1) is 14.1. The fourth-order valence-electron chi connectivity index (χ4n) is 2.50. The van der Waals surface area contributed by atoms with Gasteiger partial charge in [-0.25, -0.2) is 0 Å². The van der Waals surface area contributed by atoms with Gasteiger partial charge in [0.2, 0.25) is 0 Å². The minimum Gasteiger partial charge on any atom is -0.459 e. The molecule has 2 aromatic rings. The standard InChI is InChI=1S/C17H25NO/c1-7-14(18-6)15-10-12-9-13(17(3,4)5)8-11(2)16(12)19-15/h8-10,14,18H,7H2,1-6H3. The van der Waals surface area contributed by atoms with E-state index in [1.165, 1.54) is 16.5 Å². The van der Waals surface area contributed by atoms with Crippen LogP contribution in [0.1, 0.15) is 57.0 Å². The lowest BCUT2D eigenvalue weighted by Crippen LogP contribution is -2.14. The van der Waals surface area contributed by atoms with Gasteiger partial charge in [-0.15, -0.1) is 0 Å². The Hall–Kier alpha value is -1.28. The van der Waals surface area contributed by atoms with Gasteiger partial charge in [0.05, 0.1) is 6.04 Å². The Morgan fingerprint density at radius 1 is 1.21 bits per heavy atom. The van der Waals surface area contributed by atoms with E-state index in [1.54, 1.807) is 0 Å². The van der Waals surface area contributed by atoms with Gasteiger partial charge in [0, 0.05) is 5.39 Å². The molecule has 2 heteroatoms. The van der Waals surface area contributed by atoms with E-state index in [4.69, 9.17) is 4.42 Å². The summed E-state index contributed by atoms with van der Waals surface area (Å²) in [5.41, 5.74) is 3.78. The molecule has 1 N–H and O–H groups in total. The van der Waals surface area contributed by atoms with Crippen molar-refractivity contribution in [1.82, 2.24) is 5.32 Å². The molecule has 0 bridgehead atoms. The Morgan fingerprint density at radius 3 is 2.42 bits per heavy atom. The number of fused-ring (bicyclic) bond motifs is 1. The molecule has 0 saturated carbocycles. The number of furan rings is 1. The van der Waals surface area contributed by atoms with E-state index >= 15 is 0 Å². The lowest BCUT2D eigenvalue weighted by atomic mass is 9.85. The zero-order valence-electron chi connectivity index (χ0n) is 12.9. The Labute approximate surface area is 116 Å². The molecule has 0 aliphatic heterocycles. The van der Waals surface area contributed by atoms with E-state index in [-0.39, 0.29) is 5.41 Å². The van der Waals surface area contributed by atoms with Crippen molar-refractivity contribution in [1.29, 1.82) is 0 Å². The molecule has 1 aromatic heterocycles. The van der Waals surface area contributed by atoms with E-state index in [0.29, 0.717) is 6.04 Å². The number of benzene rings is 1. The molecular formula is C17H25NO. The monoisotopic (exact) mass is 259 g/mol. The summed E-state index contributed by atoms with van der Waals surface area (Å²) < 4.78 is 6.05. The highest BCUT2D eigenvalue weighted by Gasteiger charge is 2.18. The number of nitrogens with one attached hydrogen (secondary N) is 1. The summed E-state index contributed by atoms with van der Waals surface area (Å²) in [7, 11) is 1.98. The summed E-state index contributed by atoms with van der Waals surface area (Å²) in [6.07, 6.45) is 1.03. The zero-order chi connectivity index (χ0) is 14.2. The SMILES string of the molecule is CCC(NC)c1cc2cc(C(C)(C)C)cc(C)c2o1. The molecular weight excluding hydrogens is 234 g/mol. The summed E-state index contributed by atoms with van der Waals surface area (Å²) in [5.74, 6) is 1.04. The van der Waals surface area contributed by atoms with Crippen LogP contribution < -0.4 is 5.32 Å². The van der Waals surface area contributed by atoms with Crippen molar-refractivity contribution in [3.63, 3.8) is 0 Å². The molecule has 0 spiro atoms. The van der Waals surface area contributed by atoms with Gasteiger partial charge in [-0.3, -0.25) is 0 Å². The minimum absolute atomic E-state index is 0.170. The van der Waals surface area contributed by atoms with Gasteiger partial charge in [0.15, 0.2) is 0 Å². The smallest absolute Gasteiger partial charge is 0.137 e. The van der Waals surface area contributed by atoms with Crippen LogP contribution in [0.2, 0.25) is 0 Å². The van der Waals surface area contributed by atoms with Crippen molar-refractivity contribution < 1.29 is 4.42 Å². The van der Waals surface area contributed by atoms with Gasteiger partial charge in [-0.05, 0) is 49.1 Å². The fraction of sp³-hybridized carbons (Fsp3) is 0.529. The van der Waals surface area contributed by atoms with Gasteiger partial charge in [-0.1, -0.05) is 33.8 Å². The lowest BCUT2D eigenvalue weighted by Gasteiger charge is -2.19. The summed E-state index contributed by atoms with van der Waals surface area (Å²) in [4.78, 5) is 0. The van der Waals surface area contributed by atoms with Gasteiger partial charge >= 0.3 is 0 Å². The number of rotatable bonds is 3. The van der Waals surface area contributed by atoms with Crippen LogP contribution >= 0.6 is 0 Å². The number of aryl methyl sites for hydroxylation is 1. The number of hydrogen-bond acceptors (Lipinski definition) is 2. The summed E-state index contributed by atoms with van der Waals surface area (Å²) in [6, 6.07) is 6.99. The van der Waals surface area contributed by atoms with Crippen LogP contribution in [-0.4, -0.2) is 7.05 Å². The summed E-state index contributed by atoms with van der Waals surface area (Å²) >= 11 is 0. The van der Waals surface area contributed by atoms with Crippen molar-refractivity contribution in [2.75, 3.05) is 7.05 Å². The highest BCUT2D eigenvalue weighted by Crippen LogP contribution is 2.32. The first-order valence-corrected chi connectivity index (χ1v) is 7.08. The predicted octanol–water partition coefficient (Wildman–Crippen LogP) is 4.71. The topological polar surface area (TPSA) is 25.2 Å². The van der Waals surface area contributed by atoms with Gasteiger partial charge < -0.3 is 9.73 Å². The molecule has 0 aliphatic rings. The molecule has 19 heavy (non-hydrogen) atoms. The van der Waals surface area contributed by atoms with Crippen molar-refractivity contribution >= 4 is 11.0 Å². The lowest BCUT2D eigenvalue weighted by molar-refractivity contribution is 0.443. The maximum atomic E-state index is 6.05. The second kappa shape index (κ2) is 5.01. The van der Waals surface area contributed by atoms with Gasteiger partial charge in [0.1, 0.15) is 11.3 Å². The molecule has 0 aliphatic carbocycles. The molecule has 2 nitrogen and oxygen atoms in total. The normalized spacial score (nSPS) is 14.0. The molecule has 0 radical (unpaired) electrons. The minimum atomic E-state index is 0.170. The molecule has 0 fully saturated rings. The second-order valence-corrected chi connectivity index (χ2v) is 6.36. The molecule has 1 unspecified atom stereocenters. The highest BCUT2D eigenvalue weighted by atomic mass is 16.3. The van der Waals surface area contributed by atoms with Crippen LogP contribution in [0.3, 0.4) is 0 Å². The third-order valence-corrected chi connectivity index (χ3v) is 3.79. The molecule has 2 rings (SSSR count). The Kier molecular flexibility index (Phi) is 3.73. The van der Waals surface area contributed by atoms with Crippen LogP contribution in [-0.2, 0) is 5.41 Å². The predicted molar refractivity (Wildman–Crippen MR) is 81.7 cm³/mol. The van der Waals surface area contributed by atoms with Crippen molar-refractivity contribution in [2.24, 2.45) is 0 Å². The molecule has 1 heterocycles. The van der Waals surface area contributed by atoms with E-state index in [2.05, 4.69) is 58.1 Å². The van der Waals surface area contributed by atoms with Crippen molar-refractivity contribution in [3.8, 4) is 0 Å². The fourth-order valence-corrected chi connectivity index (χ4v) is 2.50. The molecule has 0 saturated heterocycles. The third kappa shape index (κ3) is 2.69. The first-order valence-electron chi connectivity index (χ1n) is 7.08. The summed E-state index contributed by atoms with van der Waals surface area (Å²) in [6.45, 7) is 11.0. The van der Waals surface area contributed by atoms with Crippen molar-refractivity contribution in [3.05, 3.63) is 35.1 Å². The van der Waals surface area contributed by atoms with E-state index in [0.717, 1.165) is 17.8 Å². The average Bonchev–Trinajstić information content (AvgIpc) is 2.74. The van der Waals surface area contributed by atoms with Crippen molar-refractivity contribution in [2.45, 2.75) is 52.5 Å². The largest absolute Gasteiger partial charge is 0.459 e. The van der Waals surface area contributed by atoms with Crippen LogP contribution in [0.5, 0.6) is 0 Å².